The number of anilines is 1. The molecule has 0 aliphatic rings. The molecule has 0 spiro atoms. The molecule has 3 aromatic rings. The highest BCUT2D eigenvalue weighted by Gasteiger charge is 2.07. The van der Waals surface area contributed by atoms with E-state index in [1.165, 1.54) is 6.07 Å². The number of amides is 1. The fraction of sp³-hybridized carbons (Fsp3) is 0. The highest BCUT2D eigenvalue weighted by molar-refractivity contribution is 5.90. The van der Waals surface area contributed by atoms with Gasteiger partial charge in [-0.05, 0) is 29.8 Å². The van der Waals surface area contributed by atoms with Gasteiger partial charge < -0.3 is 11.5 Å². The highest BCUT2D eigenvalue weighted by atomic mass is 16.1. The predicted molar refractivity (Wildman–Crippen MR) is 77.5 cm³/mol. The minimum absolute atomic E-state index is 0.115. The van der Waals surface area contributed by atoms with E-state index in [0.717, 1.165) is 11.1 Å². The first-order valence-electron chi connectivity index (χ1n) is 6.18. The fourth-order valence-electron chi connectivity index (χ4n) is 1.85. The number of hydrogen-bond acceptors (Lipinski definition) is 5. The van der Waals surface area contributed by atoms with Gasteiger partial charge in [-0.25, -0.2) is 4.68 Å². The van der Waals surface area contributed by atoms with Gasteiger partial charge in [-0.15, -0.1) is 10.2 Å². The van der Waals surface area contributed by atoms with Crippen LogP contribution in [-0.2, 0) is 0 Å². The minimum atomic E-state index is -0.614. The van der Waals surface area contributed by atoms with Gasteiger partial charge in [-0.3, -0.25) is 4.79 Å². The van der Waals surface area contributed by atoms with Crippen LogP contribution in [0.2, 0.25) is 0 Å². The van der Waals surface area contributed by atoms with Crippen molar-refractivity contribution in [3.8, 4) is 16.9 Å². The third-order valence-corrected chi connectivity index (χ3v) is 2.96. The number of carbonyl (C=O) groups is 1. The number of aromatic nitrogens is 4. The van der Waals surface area contributed by atoms with Crippen LogP contribution >= 0.6 is 0 Å². The molecule has 0 unspecified atom stereocenters. The van der Waals surface area contributed by atoms with E-state index >= 15 is 0 Å². The van der Waals surface area contributed by atoms with Crippen LogP contribution in [0.1, 0.15) is 10.5 Å². The Morgan fingerprint density at radius 1 is 1.00 bits per heavy atom. The molecule has 0 aliphatic heterocycles. The van der Waals surface area contributed by atoms with Gasteiger partial charge in [0, 0.05) is 17.4 Å². The van der Waals surface area contributed by atoms with Crippen molar-refractivity contribution in [1.29, 1.82) is 0 Å². The Hall–Kier alpha value is -3.22. The first-order chi connectivity index (χ1) is 10.1. The van der Waals surface area contributed by atoms with Crippen molar-refractivity contribution < 1.29 is 4.79 Å². The number of rotatable bonds is 3. The molecule has 2 heterocycles. The molecule has 0 saturated heterocycles. The SMILES string of the molecule is NC(=O)c1ccc(-n2cc(-c3ccc(N)cc3)cn2)nn1. The van der Waals surface area contributed by atoms with Crippen LogP contribution in [0.4, 0.5) is 5.69 Å². The first-order valence-corrected chi connectivity index (χ1v) is 6.18. The first kappa shape index (κ1) is 12.8. The maximum Gasteiger partial charge on any atom is 0.269 e. The summed E-state index contributed by atoms with van der Waals surface area (Å²) in [7, 11) is 0. The van der Waals surface area contributed by atoms with E-state index in [1.807, 2.05) is 30.5 Å². The summed E-state index contributed by atoms with van der Waals surface area (Å²) in [6.45, 7) is 0. The van der Waals surface area contributed by atoms with Crippen LogP contribution in [0, 0.1) is 0 Å². The molecule has 0 saturated carbocycles. The average Bonchev–Trinajstić information content (AvgIpc) is 2.98. The van der Waals surface area contributed by atoms with E-state index in [4.69, 9.17) is 11.5 Å². The van der Waals surface area contributed by atoms with Gasteiger partial charge in [-0.1, -0.05) is 12.1 Å². The number of benzene rings is 1. The van der Waals surface area contributed by atoms with Crippen LogP contribution in [-0.4, -0.2) is 25.9 Å². The van der Waals surface area contributed by atoms with Gasteiger partial charge in [0.15, 0.2) is 11.5 Å². The molecule has 0 aliphatic carbocycles. The highest BCUT2D eigenvalue weighted by Crippen LogP contribution is 2.20. The van der Waals surface area contributed by atoms with Crippen molar-refractivity contribution in [1.82, 2.24) is 20.0 Å². The quantitative estimate of drug-likeness (QED) is 0.695. The smallest absolute Gasteiger partial charge is 0.269 e. The lowest BCUT2D eigenvalue weighted by Gasteiger charge is -2.00. The topological polar surface area (TPSA) is 113 Å². The van der Waals surface area contributed by atoms with E-state index in [2.05, 4.69) is 15.3 Å². The molecule has 7 nitrogen and oxygen atoms in total. The molecule has 0 bridgehead atoms. The zero-order valence-corrected chi connectivity index (χ0v) is 11.0. The lowest BCUT2D eigenvalue weighted by atomic mass is 10.1. The lowest BCUT2D eigenvalue weighted by molar-refractivity contribution is 0.0994. The van der Waals surface area contributed by atoms with E-state index in [1.54, 1.807) is 16.9 Å². The van der Waals surface area contributed by atoms with Gasteiger partial charge in [0.2, 0.25) is 0 Å². The van der Waals surface area contributed by atoms with Gasteiger partial charge in [0.05, 0.1) is 6.20 Å². The summed E-state index contributed by atoms with van der Waals surface area (Å²) in [6.07, 6.45) is 3.54. The molecule has 0 atom stereocenters. The summed E-state index contributed by atoms with van der Waals surface area (Å²) in [4.78, 5) is 11.0. The molecular formula is C14H12N6O. The van der Waals surface area contributed by atoms with Crippen LogP contribution in [0.5, 0.6) is 0 Å². The van der Waals surface area contributed by atoms with Crippen molar-refractivity contribution in [2.24, 2.45) is 5.73 Å². The second-order valence-corrected chi connectivity index (χ2v) is 4.44. The molecule has 21 heavy (non-hydrogen) atoms. The Kier molecular flexibility index (Phi) is 3.07. The molecule has 7 heteroatoms. The molecule has 0 fully saturated rings. The largest absolute Gasteiger partial charge is 0.399 e. The number of nitrogens with zero attached hydrogens (tertiary/aromatic N) is 4. The van der Waals surface area contributed by atoms with Crippen molar-refractivity contribution >= 4 is 11.6 Å². The van der Waals surface area contributed by atoms with Crippen LogP contribution in [0.25, 0.3) is 16.9 Å². The zero-order valence-electron chi connectivity index (χ0n) is 11.0. The molecular weight excluding hydrogens is 268 g/mol. The van der Waals surface area contributed by atoms with Gasteiger partial charge in [0.1, 0.15) is 0 Å². The Balaban J connectivity index is 1.90. The van der Waals surface area contributed by atoms with E-state index in [9.17, 15) is 4.79 Å². The molecule has 2 aromatic heterocycles. The number of hydrogen-bond donors (Lipinski definition) is 2. The summed E-state index contributed by atoms with van der Waals surface area (Å²) < 4.78 is 1.57. The summed E-state index contributed by atoms with van der Waals surface area (Å²) >= 11 is 0. The van der Waals surface area contributed by atoms with E-state index in [0.29, 0.717) is 11.5 Å². The summed E-state index contributed by atoms with van der Waals surface area (Å²) in [5.74, 6) is -0.112. The standard InChI is InChI=1S/C14H12N6O/c15-11-3-1-9(2-4-11)10-7-17-20(8-10)13-6-5-12(14(16)21)18-19-13/h1-8H,15H2,(H2,16,21). The van der Waals surface area contributed by atoms with Gasteiger partial charge in [-0.2, -0.15) is 5.10 Å². The summed E-state index contributed by atoms with van der Waals surface area (Å²) in [6, 6.07) is 10.6. The maximum atomic E-state index is 11.0. The normalized spacial score (nSPS) is 10.5. The van der Waals surface area contributed by atoms with Crippen molar-refractivity contribution in [3.05, 3.63) is 54.5 Å². The Morgan fingerprint density at radius 3 is 2.38 bits per heavy atom. The van der Waals surface area contributed by atoms with Crippen molar-refractivity contribution in [2.75, 3.05) is 5.73 Å². The molecule has 1 amide bonds. The average molecular weight is 280 g/mol. The third-order valence-electron chi connectivity index (χ3n) is 2.96. The van der Waals surface area contributed by atoms with Crippen LogP contribution < -0.4 is 11.5 Å². The summed E-state index contributed by atoms with van der Waals surface area (Å²) in [5, 5.41) is 11.9. The molecule has 1 aromatic carbocycles. The number of nitrogens with two attached hydrogens (primary N) is 2. The van der Waals surface area contributed by atoms with Crippen molar-refractivity contribution in [2.45, 2.75) is 0 Å². The summed E-state index contributed by atoms with van der Waals surface area (Å²) in [5.41, 5.74) is 13.5. The predicted octanol–water partition coefficient (Wildman–Crippen LogP) is 1.01. The molecule has 3 rings (SSSR count). The number of carbonyl (C=O) groups excluding carboxylic acids is 1. The molecule has 0 radical (unpaired) electrons. The maximum absolute atomic E-state index is 11.0. The lowest BCUT2D eigenvalue weighted by Crippen LogP contribution is -2.14. The fourth-order valence-corrected chi connectivity index (χ4v) is 1.85. The second-order valence-electron chi connectivity index (χ2n) is 4.44. The van der Waals surface area contributed by atoms with Gasteiger partial charge in [0.25, 0.3) is 5.91 Å². The minimum Gasteiger partial charge on any atom is -0.399 e. The van der Waals surface area contributed by atoms with Gasteiger partial charge >= 0.3 is 0 Å². The Morgan fingerprint density at radius 2 is 1.76 bits per heavy atom. The number of nitrogen functional groups attached to an aromatic ring is 1. The van der Waals surface area contributed by atoms with E-state index in [-0.39, 0.29) is 5.69 Å². The van der Waals surface area contributed by atoms with Crippen LogP contribution in [0.15, 0.2) is 48.8 Å². The van der Waals surface area contributed by atoms with Crippen molar-refractivity contribution in [3.63, 3.8) is 0 Å². The zero-order chi connectivity index (χ0) is 14.8. The molecule has 104 valence electrons. The third kappa shape index (κ3) is 2.57. The Bertz CT molecular complexity index is 776. The second kappa shape index (κ2) is 5.04. The molecule has 4 N–H and O–H groups in total. The van der Waals surface area contributed by atoms with Crippen LogP contribution in [0.3, 0.4) is 0 Å². The number of primary amides is 1. The Labute approximate surface area is 120 Å². The van der Waals surface area contributed by atoms with E-state index < -0.39 is 5.91 Å². The monoisotopic (exact) mass is 280 g/mol.